The summed E-state index contributed by atoms with van der Waals surface area (Å²) in [6.45, 7) is 3.51. The number of nitrogens with zero attached hydrogens (tertiary/aromatic N) is 3. The molecule has 1 aliphatic carbocycles. The summed E-state index contributed by atoms with van der Waals surface area (Å²) in [5.41, 5.74) is 1.10. The summed E-state index contributed by atoms with van der Waals surface area (Å²) in [4.78, 5) is 22.7. The zero-order chi connectivity index (χ0) is 18.9. The van der Waals surface area contributed by atoms with Crippen molar-refractivity contribution in [2.24, 2.45) is 5.92 Å². The molecule has 0 spiro atoms. The molecule has 0 bridgehead atoms. The summed E-state index contributed by atoms with van der Waals surface area (Å²) in [6, 6.07) is 9.05. The average molecular weight is 398 g/mol. The van der Waals surface area contributed by atoms with E-state index in [9.17, 15) is 4.79 Å². The number of benzene rings is 1. The molecule has 0 radical (unpaired) electrons. The smallest absolute Gasteiger partial charge is 0.236 e. The molecular weight excluding hydrogens is 366 g/mol. The Labute approximate surface area is 171 Å². The molecule has 3 atom stereocenters. The molecule has 1 amide bonds. The van der Waals surface area contributed by atoms with Gasteiger partial charge in [0.05, 0.1) is 21.8 Å². The molecule has 28 heavy (non-hydrogen) atoms. The fourth-order valence-electron chi connectivity index (χ4n) is 5.67. The molecule has 1 saturated carbocycles. The first-order valence-corrected chi connectivity index (χ1v) is 12.0. The van der Waals surface area contributed by atoms with Gasteiger partial charge in [-0.25, -0.2) is 4.98 Å². The van der Waals surface area contributed by atoms with Gasteiger partial charge in [-0.1, -0.05) is 25.0 Å². The second kappa shape index (κ2) is 8.11. The Hall–Kier alpha value is -1.46. The van der Waals surface area contributed by atoms with Crippen LogP contribution in [0.25, 0.3) is 10.2 Å². The SMILES string of the molecule is O=C(CN1CCC[C@@H]2CCCC[C@@H]21)N1CCC[C@H](c2nc3ccccc3s2)C1. The number of carbonyl (C=O) groups is 1. The topological polar surface area (TPSA) is 36.4 Å². The molecule has 3 fully saturated rings. The van der Waals surface area contributed by atoms with Crippen LogP contribution < -0.4 is 0 Å². The first-order chi connectivity index (χ1) is 13.8. The first-order valence-electron chi connectivity index (χ1n) is 11.2. The summed E-state index contributed by atoms with van der Waals surface area (Å²) >= 11 is 1.81. The number of fused-ring (bicyclic) bond motifs is 2. The average Bonchev–Trinajstić information content (AvgIpc) is 3.18. The van der Waals surface area contributed by atoms with E-state index in [1.807, 2.05) is 11.3 Å². The van der Waals surface area contributed by atoms with Crippen LogP contribution in [0.4, 0.5) is 0 Å². The van der Waals surface area contributed by atoms with Gasteiger partial charge in [-0.05, 0) is 63.1 Å². The first kappa shape index (κ1) is 18.6. The van der Waals surface area contributed by atoms with Gasteiger partial charge in [0.2, 0.25) is 5.91 Å². The predicted octanol–water partition coefficient (Wildman–Crippen LogP) is 4.66. The molecule has 1 aromatic heterocycles. The third kappa shape index (κ3) is 3.71. The molecular formula is C23H31N3OS. The highest BCUT2D eigenvalue weighted by atomic mass is 32.1. The molecule has 0 N–H and O–H groups in total. The number of rotatable bonds is 3. The summed E-state index contributed by atoms with van der Waals surface area (Å²) in [5, 5.41) is 1.21. The van der Waals surface area contributed by atoms with E-state index in [1.54, 1.807) is 0 Å². The number of carbonyl (C=O) groups excluding carboxylic acids is 1. The monoisotopic (exact) mass is 397 g/mol. The van der Waals surface area contributed by atoms with Crippen molar-refractivity contribution in [3.05, 3.63) is 29.3 Å². The highest BCUT2D eigenvalue weighted by Crippen LogP contribution is 2.36. The molecule has 3 heterocycles. The van der Waals surface area contributed by atoms with Gasteiger partial charge in [0.1, 0.15) is 0 Å². The van der Waals surface area contributed by atoms with E-state index in [0.717, 1.165) is 43.9 Å². The Morgan fingerprint density at radius 1 is 1.04 bits per heavy atom. The fraction of sp³-hybridized carbons (Fsp3) is 0.652. The third-order valence-electron chi connectivity index (χ3n) is 7.13. The molecule has 2 aromatic rings. The van der Waals surface area contributed by atoms with E-state index in [4.69, 9.17) is 4.98 Å². The number of thiazole rings is 1. The minimum absolute atomic E-state index is 0.344. The molecule has 5 rings (SSSR count). The highest BCUT2D eigenvalue weighted by Gasteiger charge is 2.35. The largest absolute Gasteiger partial charge is 0.341 e. The van der Waals surface area contributed by atoms with Crippen LogP contribution in [0.5, 0.6) is 0 Å². The van der Waals surface area contributed by atoms with E-state index >= 15 is 0 Å². The predicted molar refractivity (Wildman–Crippen MR) is 115 cm³/mol. The lowest BCUT2D eigenvalue weighted by atomic mass is 9.78. The second-order valence-electron chi connectivity index (χ2n) is 8.92. The van der Waals surface area contributed by atoms with Crippen LogP contribution in [0, 0.1) is 5.92 Å². The van der Waals surface area contributed by atoms with E-state index in [0.29, 0.717) is 24.4 Å². The number of para-hydroxylation sites is 1. The minimum Gasteiger partial charge on any atom is -0.341 e. The number of hydrogen-bond acceptors (Lipinski definition) is 4. The molecule has 1 aromatic carbocycles. The molecule has 2 aliphatic heterocycles. The number of hydrogen-bond donors (Lipinski definition) is 0. The van der Waals surface area contributed by atoms with E-state index in [2.05, 4.69) is 34.1 Å². The molecule has 2 saturated heterocycles. The van der Waals surface area contributed by atoms with Gasteiger partial charge in [-0.2, -0.15) is 0 Å². The fourth-order valence-corrected chi connectivity index (χ4v) is 6.76. The normalized spacial score (nSPS) is 29.0. The molecule has 150 valence electrons. The van der Waals surface area contributed by atoms with Gasteiger partial charge >= 0.3 is 0 Å². The molecule has 0 unspecified atom stereocenters. The maximum atomic E-state index is 13.2. The van der Waals surface area contributed by atoms with Gasteiger partial charge in [0.25, 0.3) is 0 Å². The minimum atomic E-state index is 0.344. The Morgan fingerprint density at radius 3 is 2.79 bits per heavy atom. The summed E-state index contributed by atoms with van der Waals surface area (Å²) in [6.07, 6.45) is 10.3. The lowest BCUT2D eigenvalue weighted by Crippen LogP contribution is -2.52. The number of piperidine rings is 2. The second-order valence-corrected chi connectivity index (χ2v) is 9.99. The number of likely N-dealkylation sites (tertiary alicyclic amines) is 2. The van der Waals surface area contributed by atoms with Crippen molar-refractivity contribution in [1.29, 1.82) is 0 Å². The van der Waals surface area contributed by atoms with Crippen molar-refractivity contribution in [3.63, 3.8) is 0 Å². The third-order valence-corrected chi connectivity index (χ3v) is 8.33. The Kier molecular flexibility index (Phi) is 5.38. The Morgan fingerprint density at radius 2 is 1.86 bits per heavy atom. The van der Waals surface area contributed by atoms with Gasteiger partial charge in [0, 0.05) is 25.0 Å². The summed E-state index contributed by atoms with van der Waals surface area (Å²) < 4.78 is 1.26. The van der Waals surface area contributed by atoms with Crippen LogP contribution in [-0.4, -0.2) is 52.9 Å². The van der Waals surface area contributed by atoms with Crippen LogP contribution >= 0.6 is 11.3 Å². The van der Waals surface area contributed by atoms with Crippen LogP contribution in [0.2, 0.25) is 0 Å². The van der Waals surface area contributed by atoms with Crippen molar-refractivity contribution in [1.82, 2.24) is 14.8 Å². The maximum Gasteiger partial charge on any atom is 0.236 e. The van der Waals surface area contributed by atoms with Gasteiger partial charge in [0.15, 0.2) is 0 Å². The number of aromatic nitrogens is 1. The zero-order valence-electron chi connectivity index (χ0n) is 16.7. The van der Waals surface area contributed by atoms with Crippen LogP contribution in [0.3, 0.4) is 0 Å². The Balaban J connectivity index is 1.25. The van der Waals surface area contributed by atoms with Crippen molar-refractivity contribution in [2.45, 2.75) is 63.3 Å². The van der Waals surface area contributed by atoms with E-state index < -0.39 is 0 Å². The quantitative estimate of drug-likeness (QED) is 0.756. The van der Waals surface area contributed by atoms with E-state index in [1.165, 1.54) is 48.2 Å². The standard InChI is InChI=1S/C23H31N3OS/c27-22(16-25-13-5-8-17-7-1-3-11-20(17)25)26-14-6-9-18(15-26)23-24-19-10-2-4-12-21(19)28-23/h2,4,10,12,17-18,20H,1,3,5-9,11,13-16H2/t17-,18-,20-/m0/s1. The van der Waals surface area contributed by atoms with Crippen LogP contribution in [0.15, 0.2) is 24.3 Å². The van der Waals surface area contributed by atoms with E-state index in [-0.39, 0.29) is 0 Å². The van der Waals surface area contributed by atoms with Gasteiger partial charge < -0.3 is 4.90 Å². The van der Waals surface area contributed by atoms with Crippen molar-refractivity contribution < 1.29 is 4.79 Å². The van der Waals surface area contributed by atoms with Gasteiger partial charge in [-0.15, -0.1) is 11.3 Å². The lowest BCUT2D eigenvalue weighted by molar-refractivity contribution is -0.135. The zero-order valence-corrected chi connectivity index (χ0v) is 17.5. The maximum absolute atomic E-state index is 13.2. The molecule has 5 heteroatoms. The summed E-state index contributed by atoms with van der Waals surface area (Å²) in [7, 11) is 0. The molecule has 4 nitrogen and oxygen atoms in total. The Bertz CT molecular complexity index is 799. The van der Waals surface area contributed by atoms with Crippen LogP contribution in [-0.2, 0) is 4.79 Å². The summed E-state index contributed by atoms with van der Waals surface area (Å²) in [5.74, 6) is 1.59. The van der Waals surface area contributed by atoms with Crippen molar-refractivity contribution >= 4 is 27.5 Å². The van der Waals surface area contributed by atoms with Crippen molar-refractivity contribution in [2.75, 3.05) is 26.2 Å². The van der Waals surface area contributed by atoms with Crippen molar-refractivity contribution in [3.8, 4) is 0 Å². The lowest BCUT2D eigenvalue weighted by Gasteiger charge is -2.44. The van der Waals surface area contributed by atoms with Gasteiger partial charge in [-0.3, -0.25) is 9.69 Å². The number of amides is 1. The van der Waals surface area contributed by atoms with Crippen LogP contribution in [0.1, 0.15) is 62.3 Å². The molecule has 3 aliphatic rings. The highest BCUT2D eigenvalue weighted by molar-refractivity contribution is 7.18.